The molecule has 1 aromatic carbocycles. The fourth-order valence-corrected chi connectivity index (χ4v) is 2.93. The Morgan fingerprint density at radius 2 is 1.88 bits per heavy atom. The zero-order chi connectivity index (χ0) is 12.0. The first-order valence-corrected chi connectivity index (χ1v) is 6.40. The van der Waals surface area contributed by atoms with E-state index in [1.54, 1.807) is 0 Å². The Morgan fingerprint density at radius 1 is 1.12 bits per heavy atom. The first-order chi connectivity index (χ1) is 8.18. The second kappa shape index (κ2) is 3.76. The Morgan fingerprint density at radius 3 is 2.65 bits per heavy atom. The lowest BCUT2D eigenvalue weighted by Gasteiger charge is -2.23. The molecule has 0 amide bonds. The number of benzene rings is 1. The van der Waals surface area contributed by atoms with Crippen LogP contribution in [0.3, 0.4) is 0 Å². The number of hydrogen-bond donors (Lipinski definition) is 0. The lowest BCUT2D eigenvalue weighted by Crippen LogP contribution is -2.28. The molecule has 2 atom stereocenters. The monoisotopic (exact) mass is 225 g/mol. The Hall–Kier alpha value is -1.50. The smallest absolute Gasteiger partial charge is 0.0577 e. The standard InChI is InChI=1S/C16H19N/c1-11(2)12-8-9-16-14(10-12)13-6-4-5-7-15(13)17(16)3/h4-11,13,15H,1-3H3. The predicted octanol–water partition coefficient (Wildman–Crippen LogP) is 3.84. The summed E-state index contributed by atoms with van der Waals surface area (Å²) in [6.45, 7) is 4.52. The van der Waals surface area contributed by atoms with Crippen LogP contribution in [0.15, 0.2) is 42.5 Å². The highest BCUT2D eigenvalue weighted by atomic mass is 15.2. The van der Waals surface area contributed by atoms with E-state index in [0.717, 1.165) is 0 Å². The molecule has 0 aromatic heterocycles. The molecule has 0 fully saturated rings. The summed E-state index contributed by atoms with van der Waals surface area (Å²) in [6, 6.07) is 7.46. The molecule has 1 aliphatic carbocycles. The van der Waals surface area contributed by atoms with Gasteiger partial charge in [-0.3, -0.25) is 0 Å². The number of likely N-dealkylation sites (N-methyl/N-ethyl adjacent to an activating group) is 1. The summed E-state index contributed by atoms with van der Waals surface area (Å²) in [5, 5.41) is 0. The molecule has 0 radical (unpaired) electrons. The van der Waals surface area contributed by atoms with Crippen molar-refractivity contribution in [3.8, 4) is 0 Å². The van der Waals surface area contributed by atoms with Gasteiger partial charge < -0.3 is 4.90 Å². The van der Waals surface area contributed by atoms with Gasteiger partial charge in [0.1, 0.15) is 0 Å². The van der Waals surface area contributed by atoms with Crippen LogP contribution in [0.1, 0.15) is 36.8 Å². The molecule has 0 spiro atoms. The van der Waals surface area contributed by atoms with Crippen molar-refractivity contribution >= 4 is 5.69 Å². The Kier molecular flexibility index (Phi) is 2.36. The third-order valence-electron chi connectivity index (χ3n) is 4.01. The molecule has 1 nitrogen and oxygen atoms in total. The third kappa shape index (κ3) is 1.53. The summed E-state index contributed by atoms with van der Waals surface area (Å²) in [5.74, 6) is 1.14. The van der Waals surface area contributed by atoms with E-state index in [2.05, 4.69) is 68.3 Å². The number of hydrogen-bond acceptors (Lipinski definition) is 1. The fourth-order valence-electron chi connectivity index (χ4n) is 2.93. The van der Waals surface area contributed by atoms with Gasteiger partial charge >= 0.3 is 0 Å². The van der Waals surface area contributed by atoms with Gasteiger partial charge in [0.25, 0.3) is 0 Å². The van der Waals surface area contributed by atoms with Crippen LogP contribution in [0.25, 0.3) is 0 Å². The summed E-state index contributed by atoms with van der Waals surface area (Å²) in [7, 11) is 2.20. The van der Waals surface area contributed by atoms with E-state index in [-0.39, 0.29) is 0 Å². The van der Waals surface area contributed by atoms with Crippen molar-refractivity contribution in [2.24, 2.45) is 0 Å². The molecule has 1 aliphatic heterocycles. The summed E-state index contributed by atoms with van der Waals surface area (Å²) in [5.41, 5.74) is 4.32. The normalized spacial score (nSPS) is 25.3. The SMILES string of the molecule is CC(C)c1ccc2c(c1)C1C=CC=CC1N2C. The van der Waals surface area contributed by atoms with Crippen LogP contribution in [0, 0.1) is 0 Å². The van der Waals surface area contributed by atoms with Gasteiger partial charge in [-0.05, 0) is 23.1 Å². The molecule has 1 heterocycles. The molecule has 0 N–H and O–H groups in total. The van der Waals surface area contributed by atoms with Crippen LogP contribution in [0.2, 0.25) is 0 Å². The first-order valence-electron chi connectivity index (χ1n) is 6.40. The minimum Gasteiger partial charge on any atom is -0.367 e. The largest absolute Gasteiger partial charge is 0.367 e. The third-order valence-corrected chi connectivity index (χ3v) is 4.01. The number of nitrogens with zero attached hydrogens (tertiary/aromatic N) is 1. The van der Waals surface area contributed by atoms with Crippen LogP contribution in [-0.4, -0.2) is 13.1 Å². The summed E-state index contributed by atoms with van der Waals surface area (Å²) in [6.07, 6.45) is 8.97. The van der Waals surface area contributed by atoms with Crippen molar-refractivity contribution in [3.63, 3.8) is 0 Å². The molecule has 1 aromatic rings. The van der Waals surface area contributed by atoms with Crippen molar-refractivity contribution in [2.45, 2.75) is 31.7 Å². The topological polar surface area (TPSA) is 3.24 Å². The molecule has 3 rings (SSSR count). The van der Waals surface area contributed by atoms with E-state index in [4.69, 9.17) is 0 Å². The van der Waals surface area contributed by atoms with Gasteiger partial charge in [0.05, 0.1) is 6.04 Å². The fraction of sp³-hybridized carbons (Fsp3) is 0.375. The van der Waals surface area contributed by atoms with Crippen LogP contribution < -0.4 is 4.90 Å². The number of rotatable bonds is 1. The molecule has 0 bridgehead atoms. The van der Waals surface area contributed by atoms with Gasteiger partial charge in [0.15, 0.2) is 0 Å². The van der Waals surface area contributed by atoms with E-state index in [1.807, 2.05) is 0 Å². The van der Waals surface area contributed by atoms with E-state index >= 15 is 0 Å². The van der Waals surface area contributed by atoms with Gasteiger partial charge in [-0.15, -0.1) is 0 Å². The molecule has 2 aliphatic rings. The highest BCUT2D eigenvalue weighted by Gasteiger charge is 2.34. The molecule has 0 saturated carbocycles. The van der Waals surface area contributed by atoms with Crippen LogP contribution in [0.4, 0.5) is 5.69 Å². The second-order valence-electron chi connectivity index (χ2n) is 5.37. The second-order valence-corrected chi connectivity index (χ2v) is 5.37. The van der Waals surface area contributed by atoms with Crippen molar-refractivity contribution in [1.29, 1.82) is 0 Å². The number of anilines is 1. The van der Waals surface area contributed by atoms with Gasteiger partial charge in [0.2, 0.25) is 0 Å². The molecular weight excluding hydrogens is 206 g/mol. The lowest BCUT2D eigenvalue weighted by molar-refractivity contribution is 0.722. The van der Waals surface area contributed by atoms with Gasteiger partial charge in [-0.1, -0.05) is 50.3 Å². The maximum Gasteiger partial charge on any atom is 0.0577 e. The van der Waals surface area contributed by atoms with Gasteiger partial charge in [-0.2, -0.15) is 0 Å². The summed E-state index contributed by atoms with van der Waals surface area (Å²) >= 11 is 0. The van der Waals surface area contributed by atoms with Gasteiger partial charge in [0, 0.05) is 18.7 Å². The molecular formula is C16H19N. The number of fused-ring (bicyclic) bond motifs is 3. The van der Waals surface area contributed by atoms with Crippen LogP contribution in [-0.2, 0) is 0 Å². The Labute approximate surface area is 103 Å². The van der Waals surface area contributed by atoms with Crippen molar-refractivity contribution in [2.75, 3.05) is 11.9 Å². The molecule has 88 valence electrons. The molecule has 0 saturated heterocycles. The molecule has 17 heavy (non-hydrogen) atoms. The van der Waals surface area contributed by atoms with Crippen molar-refractivity contribution in [3.05, 3.63) is 53.6 Å². The van der Waals surface area contributed by atoms with Crippen molar-refractivity contribution < 1.29 is 0 Å². The first kappa shape index (κ1) is 10.6. The maximum absolute atomic E-state index is 2.39. The van der Waals surface area contributed by atoms with Gasteiger partial charge in [-0.25, -0.2) is 0 Å². The van der Waals surface area contributed by atoms with Crippen molar-refractivity contribution in [1.82, 2.24) is 0 Å². The van der Waals surface area contributed by atoms with E-state index in [9.17, 15) is 0 Å². The van der Waals surface area contributed by atoms with Crippen LogP contribution in [0.5, 0.6) is 0 Å². The van der Waals surface area contributed by atoms with Crippen LogP contribution >= 0.6 is 0 Å². The zero-order valence-corrected chi connectivity index (χ0v) is 10.7. The number of allylic oxidation sites excluding steroid dienone is 2. The Bertz CT molecular complexity index is 496. The Balaban J connectivity index is 2.10. The zero-order valence-electron chi connectivity index (χ0n) is 10.7. The maximum atomic E-state index is 2.39. The average Bonchev–Trinajstić information content (AvgIpc) is 2.64. The summed E-state index contributed by atoms with van der Waals surface area (Å²) in [4.78, 5) is 2.39. The highest BCUT2D eigenvalue weighted by Crippen LogP contribution is 2.43. The highest BCUT2D eigenvalue weighted by molar-refractivity contribution is 5.65. The average molecular weight is 225 g/mol. The molecule has 2 unspecified atom stereocenters. The minimum atomic E-state index is 0.511. The molecule has 1 heteroatoms. The summed E-state index contributed by atoms with van der Waals surface area (Å²) < 4.78 is 0. The van der Waals surface area contributed by atoms with E-state index < -0.39 is 0 Å². The minimum absolute atomic E-state index is 0.511. The lowest BCUT2D eigenvalue weighted by atomic mass is 9.89. The van der Waals surface area contributed by atoms with E-state index in [0.29, 0.717) is 17.9 Å². The predicted molar refractivity (Wildman–Crippen MR) is 73.7 cm³/mol. The van der Waals surface area contributed by atoms with E-state index in [1.165, 1.54) is 16.8 Å². The quantitative estimate of drug-likeness (QED) is 0.702.